The lowest BCUT2D eigenvalue weighted by atomic mass is 10.1. The van der Waals surface area contributed by atoms with Gasteiger partial charge in [0, 0.05) is 19.1 Å². The van der Waals surface area contributed by atoms with Crippen LogP contribution in [0.5, 0.6) is 0 Å². The molecule has 1 saturated heterocycles. The van der Waals surface area contributed by atoms with Crippen molar-refractivity contribution >= 4 is 34.0 Å². The summed E-state index contributed by atoms with van der Waals surface area (Å²) in [5, 5.41) is 2.91. The Labute approximate surface area is 129 Å². The molecule has 20 heavy (non-hydrogen) atoms. The molecule has 1 unspecified atom stereocenters. The van der Waals surface area contributed by atoms with Gasteiger partial charge in [-0.1, -0.05) is 11.6 Å². The van der Waals surface area contributed by atoms with E-state index in [2.05, 4.69) is 5.32 Å². The van der Waals surface area contributed by atoms with Gasteiger partial charge >= 0.3 is 0 Å². The summed E-state index contributed by atoms with van der Waals surface area (Å²) in [7, 11) is -1.79. The minimum Gasteiger partial charge on any atom is -0.316 e. The summed E-state index contributed by atoms with van der Waals surface area (Å²) >= 11 is 5.64. The maximum atomic E-state index is 13.1. The Bertz CT molecular complexity index is 569. The smallest absolute Gasteiger partial charge is 0.243 e. The van der Waals surface area contributed by atoms with Crippen LogP contribution in [-0.2, 0) is 10.0 Å². The van der Waals surface area contributed by atoms with Crippen LogP contribution in [0, 0.1) is 5.82 Å². The van der Waals surface area contributed by atoms with Crippen molar-refractivity contribution in [3.05, 3.63) is 29.0 Å². The van der Waals surface area contributed by atoms with Crippen molar-refractivity contribution in [3.63, 3.8) is 0 Å². The fraction of sp³-hybridized carbons (Fsp3) is 0.500. The molecule has 1 aromatic rings. The SMILES string of the molecule is CNC1CCCN(S(=O)(=O)c2ccc(F)c(Cl)c2)C1.Cl. The second-order valence-corrected chi connectivity index (χ2v) is 6.91. The van der Waals surface area contributed by atoms with Crippen molar-refractivity contribution in [2.75, 3.05) is 20.1 Å². The minimum atomic E-state index is -3.60. The second-order valence-electron chi connectivity index (χ2n) is 4.57. The van der Waals surface area contributed by atoms with Crippen molar-refractivity contribution in [3.8, 4) is 0 Å². The van der Waals surface area contributed by atoms with Crippen molar-refractivity contribution in [1.82, 2.24) is 9.62 Å². The lowest BCUT2D eigenvalue weighted by Gasteiger charge is -2.31. The van der Waals surface area contributed by atoms with Crippen LogP contribution in [-0.4, -0.2) is 38.9 Å². The molecule has 2 rings (SSSR count). The highest BCUT2D eigenvalue weighted by atomic mass is 35.5. The number of benzene rings is 1. The average Bonchev–Trinajstić information content (AvgIpc) is 2.41. The molecule has 1 fully saturated rings. The Morgan fingerprint density at radius 1 is 1.45 bits per heavy atom. The number of halogens is 3. The van der Waals surface area contributed by atoms with Crippen molar-refractivity contribution < 1.29 is 12.8 Å². The maximum absolute atomic E-state index is 13.1. The molecule has 1 N–H and O–H groups in total. The number of hydrogen-bond donors (Lipinski definition) is 1. The molecule has 0 bridgehead atoms. The number of sulfonamides is 1. The van der Waals surface area contributed by atoms with Crippen LogP contribution in [0.3, 0.4) is 0 Å². The lowest BCUT2D eigenvalue weighted by molar-refractivity contribution is 0.293. The zero-order valence-corrected chi connectivity index (χ0v) is 13.4. The fourth-order valence-corrected chi connectivity index (χ4v) is 3.98. The molecule has 8 heteroatoms. The number of rotatable bonds is 3. The van der Waals surface area contributed by atoms with Crippen molar-refractivity contribution in [2.24, 2.45) is 0 Å². The highest BCUT2D eigenvalue weighted by Gasteiger charge is 2.29. The predicted molar refractivity (Wildman–Crippen MR) is 79.5 cm³/mol. The fourth-order valence-electron chi connectivity index (χ4n) is 2.18. The Morgan fingerprint density at radius 2 is 2.15 bits per heavy atom. The van der Waals surface area contributed by atoms with Gasteiger partial charge in [-0.15, -0.1) is 12.4 Å². The molecule has 1 heterocycles. The van der Waals surface area contributed by atoms with E-state index in [1.807, 2.05) is 7.05 Å². The average molecular weight is 343 g/mol. The van der Waals surface area contributed by atoms with Crippen LogP contribution in [0.2, 0.25) is 5.02 Å². The largest absolute Gasteiger partial charge is 0.316 e. The summed E-state index contributed by atoms with van der Waals surface area (Å²) in [5.74, 6) is -0.618. The van der Waals surface area contributed by atoms with Crippen LogP contribution in [0.4, 0.5) is 4.39 Å². The van der Waals surface area contributed by atoms with Crippen LogP contribution in [0.25, 0.3) is 0 Å². The first-order chi connectivity index (χ1) is 8.95. The molecule has 0 radical (unpaired) electrons. The van der Waals surface area contributed by atoms with Gasteiger partial charge in [-0.05, 0) is 38.1 Å². The number of piperidine rings is 1. The van der Waals surface area contributed by atoms with Gasteiger partial charge in [0.15, 0.2) is 0 Å². The molecular formula is C12H17Cl2FN2O2S. The van der Waals surface area contributed by atoms with Gasteiger partial charge in [0.2, 0.25) is 10.0 Å². The Kier molecular flexibility index (Phi) is 6.22. The molecule has 1 aromatic carbocycles. The summed E-state index contributed by atoms with van der Waals surface area (Å²) in [4.78, 5) is 0.0376. The van der Waals surface area contributed by atoms with E-state index in [9.17, 15) is 12.8 Å². The Hall–Kier alpha value is -0.400. The van der Waals surface area contributed by atoms with Crippen molar-refractivity contribution in [2.45, 2.75) is 23.8 Å². The number of hydrogen-bond acceptors (Lipinski definition) is 3. The Morgan fingerprint density at radius 3 is 2.75 bits per heavy atom. The molecule has 1 aliphatic heterocycles. The van der Waals surface area contributed by atoms with Crippen LogP contribution < -0.4 is 5.32 Å². The summed E-state index contributed by atoms with van der Waals surface area (Å²) in [5.41, 5.74) is 0. The van der Waals surface area contributed by atoms with Gasteiger partial charge in [0.1, 0.15) is 5.82 Å². The standard InChI is InChI=1S/C12H16ClFN2O2S.ClH/c1-15-9-3-2-6-16(8-9)19(17,18)10-4-5-12(14)11(13)7-10;/h4-5,7,9,15H,2-3,6,8H2,1H3;1H. The summed E-state index contributed by atoms with van der Waals surface area (Å²) in [6.07, 6.45) is 1.76. The summed E-state index contributed by atoms with van der Waals surface area (Å²) in [6, 6.07) is 3.64. The van der Waals surface area contributed by atoms with E-state index in [1.54, 1.807) is 0 Å². The van der Waals surface area contributed by atoms with Crippen molar-refractivity contribution in [1.29, 1.82) is 0 Å². The molecule has 4 nitrogen and oxygen atoms in total. The summed E-state index contributed by atoms with van der Waals surface area (Å²) < 4.78 is 39.4. The van der Waals surface area contributed by atoms with E-state index in [4.69, 9.17) is 11.6 Å². The maximum Gasteiger partial charge on any atom is 0.243 e. The van der Waals surface area contributed by atoms with E-state index in [0.29, 0.717) is 13.1 Å². The van der Waals surface area contributed by atoms with Gasteiger partial charge in [0.05, 0.1) is 9.92 Å². The first-order valence-corrected chi connectivity index (χ1v) is 7.89. The zero-order chi connectivity index (χ0) is 14.0. The molecule has 1 aliphatic rings. The van der Waals surface area contributed by atoms with E-state index < -0.39 is 15.8 Å². The molecular weight excluding hydrogens is 326 g/mol. The highest BCUT2D eigenvalue weighted by Crippen LogP contribution is 2.24. The molecule has 1 atom stereocenters. The third-order valence-corrected chi connectivity index (χ3v) is 5.47. The van der Waals surface area contributed by atoms with E-state index in [0.717, 1.165) is 25.0 Å². The minimum absolute atomic E-state index is 0. The number of nitrogens with zero attached hydrogens (tertiary/aromatic N) is 1. The number of likely N-dealkylation sites (N-methyl/N-ethyl adjacent to an activating group) is 1. The molecule has 114 valence electrons. The third kappa shape index (κ3) is 3.62. The van der Waals surface area contributed by atoms with Crippen LogP contribution >= 0.6 is 24.0 Å². The van der Waals surface area contributed by atoms with Gasteiger partial charge in [-0.2, -0.15) is 4.31 Å². The lowest BCUT2D eigenvalue weighted by Crippen LogP contribution is -2.46. The van der Waals surface area contributed by atoms with Gasteiger partial charge < -0.3 is 5.32 Å². The molecule has 0 amide bonds. The third-order valence-electron chi connectivity index (χ3n) is 3.32. The van der Waals surface area contributed by atoms with E-state index >= 15 is 0 Å². The van der Waals surface area contributed by atoms with Gasteiger partial charge in [0.25, 0.3) is 0 Å². The normalized spacial score (nSPS) is 20.4. The molecule has 0 aromatic heterocycles. The van der Waals surface area contributed by atoms with Gasteiger partial charge in [-0.25, -0.2) is 12.8 Å². The van der Waals surface area contributed by atoms with E-state index in [1.165, 1.54) is 10.4 Å². The van der Waals surface area contributed by atoms with Crippen LogP contribution in [0.15, 0.2) is 23.1 Å². The first kappa shape index (κ1) is 17.7. The highest BCUT2D eigenvalue weighted by molar-refractivity contribution is 7.89. The Balaban J connectivity index is 0.00000200. The quantitative estimate of drug-likeness (QED) is 0.916. The summed E-state index contributed by atoms with van der Waals surface area (Å²) in [6.45, 7) is 0.906. The molecule has 0 spiro atoms. The topological polar surface area (TPSA) is 49.4 Å². The molecule has 0 saturated carbocycles. The zero-order valence-electron chi connectivity index (χ0n) is 11.0. The first-order valence-electron chi connectivity index (χ1n) is 6.07. The monoisotopic (exact) mass is 342 g/mol. The van der Waals surface area contributed by atoms with Gasteiger partial charge in [-0.3, -0.25) is 0 Å². The molecule has 0 aliphatic carbocycles. The van der Waals surface area contributed by atoms with Crippen LogP contribution in [0.1, 0.15) is 12.8 Å². The number of nitrogens with one attached hydrogen (secondary N) is 1. The predicted octanol–water partition coefficient (Wildman–Crippen LogP) is 2.27. The second kappa shape index (κ2) is 7.04. The van der Waals surface area contributed by atoms with E-state index in [-0.39, 0.29) is 28.4 Å².